The van der Waals surface area contributed by atoms with Crippen molar-refractivity contribution in [1.29, 1.82) is 0 Å². The Bertz CT molecular complexity index is 231. The lowest BCUT2D eigenvalue weighted by molar-refractivity contribution is 1.02. The molecule has 1 aromatic carbocycles. The SMILES string of the molecule is CCc1cccc(CBr)c1CC. The molecule has 1 aromatic rings. The van der Waals surface area contributed by atoms with Crippen LogP contribution in [0.25, 0.3) is 0 Å². The molecule has 0 aromatic heterocycles. The van der Waals surface area contributed by atoms with Crippen LogP contribution in [0.4, 0.5) is 0 Å². The quantitative estimate of drug-likeness (QED) is 0.690. The number of hydrogen-bond donors (Lipinski definition) is 0. The maximum atomic E-state index is 3.51. The van der Waals surface area contributed by atoms with E-state index in [9.17, 15) is 0 Å². The van der Waals surface area contributed by atoms with Crippen LogP contribution in [0.3, 0.4) is 0 Å². The van der Waals surface area contributed by atoms with Crippen molar-refractivity contribution < 1.29 is 0 Å². The fraction of sp³-hybridized carbons (Fsp3) is 0.455. The summed E-state index contributed by atoms with van der Waals surface area (Å²) < 4.78 is 0. The van der Waals surface area contributed by atoms with Crippen LogP contribution in [0.1, 0.15) is 30.5 Å². The van der Waals surface area contributed by atoms with Crippen molar-refractivity contribution >= 4 is 15.9 Å². The highest BCUT2D eigenvalue weighted by atomic mass is 79.9. The Morgan fingerprint density at radius 1 is 1.08 bits per heavy atom. The number of halogens is 1. The summed E-state index contributed by atoms with van der Waals surface area (Å²) in [6.45, 7) is 4.44. The third kappa shape index (κ3) is 1.89. The molecule has 1 heteroatoms. The van der Waals surface area contributed by atoms with E-state index in [4.69, 9.17) is 0 Å². The summed E-state index contributed by atoms with van der Waals surface area (Å²) in [6, 6.07) is 6.58. The molecule has 0 atom stereocenters. The second-order valence-electron chi connectivity index (χ2n) is 2.90. The second kappa shape index (κ2) is 4.66. The van der Waals surface area contributed by atoms with E-state index >= 15 is 0 Å². The minimum Gasteiger partial charge on any atom is -0.0876 e. The average molecular weight is 227 g/mol. The molecule has 0 heterocycles. The first-order valence-electron chi connectivity index (χ1n) is 4.49. The first kappa shape index (κ1) is 9.79. The highest BCUT2D eigenvalue weighted by molar-refractivity contribution is 9.08. The van der Waals surface area contributed by atoms with Gasteiger partial charge in [-0.05, 0) is 29.5 Å². The highest BCUT2D eigenvalue weighted by Gasteiger charge is 2.02. The number of rotatable bonds is 3. The zero-order valence-corrected chi connectivity index (χ0v) is 9.32. The standard InChI is InChI=1S/C11H15Br/c1-3-9-6-5-7-10(8-12)11(9)4-2/h5-7H,3-4,8H2,1-2H3. The molecule has 0 nitrogen and oxygen atoms in total. The predicted molar refractivity (Wildman–Crippen MR) is 57.8 cm³/mol. The average Bonchev–Trinajstić information content (AvgIpc) is 2.16. The van der Waals surface area contributed by atoms with Crippen LogP contribution in [0.15, 0.2) is 18.2 Å². The molecular formula is C11H15Br. The molecule has 0 radical (unpaired) electrons. The molecule has 0 saturated carbocycles. The normalized spacial score (nSPS) is 10.2. The van der Waals surface area contributed by atoms with Gasteiger partial charge in [0.05, 0.1) is 0 Å². The monoisotopic (exact) mass is 226 g/mol. The van der Waals surface area contributed by atoms with Crippen LogP contribution in [-0.4, -0.2) is 0 Å². The van der Waals surface area contributed by atoms with Gasteiger partial charge in [-0.25, -0.2) is 0 Å². The van der Waals surface area contributed by atoms with E-state index in [-0.39, 0.29) is 0 Å². The second-order valence-corrected chi connectivity index (χ2v) is 3.46. The Morgan fingerprint density at radius 3 is 2.25 bits per heavy atom. The lowest BCUT2D eigenvalue weighted by Crippen LogP contribution is -1.95. The van der Waals surface area contributed by atoms with Gasteiger partial charge >= 0.3 is 0 Å². The highest BCUT2D eigenvalue weighted by Crippen LogP contribution is 2.18. The van der Waals surface area contributed by atoms with Crippen molar-refractivity contribution in [2.24, 2.45) is 0 Å². The van der Waals surface area contributed by atoms with Gasteiger partial charge in [-0.15, -0.1) is 0 Å². The zero-order valence-electron chi connectivity index (χ0n) is 7.73. The molecule has 0 aliphatic carbocycles. The minimum atomic E-state index is 0.976. The van der Waals surface area contributed by atoms with Gasteiger partial charge in [-0.1, -0.05) is 48.0 Å². The first-order chi connectivity index (χ1) is 5.83. The molecule has 66 valence electrons. The summed E-state index contributed by atoms with van der Waals surface area (Å²) in [5.74, 6) is 0. The molecule has 0 unspecified atom stereocenters. The Balaban J connectivity index is 3.13. The molecule has 0 aliphatic heterocycles. The summed E-state index contributed by atoms with van der Waals surface area (Å²) in [5.41, 5.74) is 4.46. The fourth-order valence-electron chi connectivity index (χ4n) is 1.60. The van der Waals surface area contributed by atoms with Crippen molar-refractivity contribution in [2.75, 3.05) is 0 Å². The van der Waals surface area contributed by atoms with Gasteiger partial charge in [0.2, 0.25) is 0 Å². The smallest absolute Gasteiger partial charge is 0.0285 e. The third-order valence-electron chi connectivity index (χ3n) is 2.25. The summed E-state index contributed by atoms with van der Waals surface area (Å²) in [4.78, 5) is 0. The maximum Gasteiger partial charge on any atom is 0.0285 e. The number of alkyl halides is 1. The number of benzene rings is 1. The third-order valence-corrected chi connectivity index (χ3v) is 2.85. The van der Waals surface area contributed by atoms with Crippen LogP contribution in [0.2, 0.25) is 0 Å². The van der Waals surface area contributed by atoms with Gasteiger partial charge in [0.1, 0.15) is 0 Å². The largest absolute Gasteiger partial charge is 0.0876 e. The molecule has 0 aliphatic rings. The first-order valence-corrected chi connectivity index (χ1v) is 5.61. The van der Waals surface area contributed by atoms with E-state index < -0.39 is 0 Å². The van der Waals surface area contributed by atoms with Crippen LogP contribution in [0.5, 0.6) is 0 Å². The van der Waals surface area contributed by atoms with Gasteiger partial charge in [0.25, 0.3) is 0 Å². The lowest BCUT2D eigenvalue weighted by atomic mass is 9.98. The van der Waals surface area contributed by atoms with Gasteiger partial charge in [0.15, 0.2) is 0 Å². The van der Waals surface area contributed by atoms with Gasteiger partial charge < -0.3 is 0 Å². The molecule has 0 fully saturated rings. The molecule has 0 bridgehead atoms. The van der Waals surface area contributed by atoms with Crippen LogP contribution in [0, 0.1) is 0 Å². The minimum absolute atomic E-state index is 0.976. The van der Waals surface area contributed by atoms with Crippen LogP contribution >= 0.6 is 15.9 Å². The molecule has 0 N–H and O–H groups in total. The summed E-state index contributed by atoms with van der Waals surface area (Å²) in [5, 5.41) is 0.976. The van der Waals surface area contributed by atoms with Crippen molar-refractivity contribution in [3.8, 4) is 0 Å². The van der Waals surface area contributed by atoms with Crippen molar-refractivity contribution in [3.05, 3.63) is 34.9 Å². The Labute approximate surface area is 83.1 Å². The topological polar surface area (TPSA) is 0 Å². The van der Waals surface area contributed by atoms with E-state index in [0.717, 1.165) is 18.2 Å². The van der Waals surface area contributed by atoms with Gasteiger partial charge in [-0.2, -0.15) is 0 Å². The molecule has 12 heavy (non-hydrogen) atoms. The summed E-state index contributed by atoms with van der Waals surface area (Å²) in [7, 11) is 0. The molecule has 0 spiro atoms. The predicted octanol–water partition coefficient (Wildman–Crippen LogP) is 3.71. The summed E-state index contributed by atoms with van der Waals surface area (Å²) >= 11 is 3.51. The van der Waals surface area contributed by atoms with E-state index in [1.807, 2.05) is 0 Å². The molecule has 0 amide bonds. The number of hydrogen-bond acceptors (Lipinski definition) is 0. The van der Waals surface area contributed by atoms with Crippen LogP contribution in [-0.2, 0) is 18.2 Å². The molecule has 1 rings (SSSR count). The Morgan fingerprint density at radius 2 is 1.75 bits per heavy atom. The van der Waals surface area contributed by atoms with E-state index in [2.05, 4.69) is 48.0 Å². The van der Waals surface area contributed by atoms with Crippen LogP contribution < -0.4 is 0 Å². The van der Waals surface area contributed by atoms with Crippen molar-refractivity contribution in [3.63, 3.8) is 0 Å². The molecule has 0 saturated heterocycles. The van der Waals surface area contributed by atoms with E-state index in [1.165, 1.54) is 16.7 Å². The summed E-state index contributed by atoms with van der Waals surface area (Å²) in [6.07, 6.45) is 2.29. The van der Waals surface area contributed by atoms with Crippen molar-refractivity contribution in [1.82, 2.24) is 0 Å². The van der Waals surface area contributed by atoms with E-state index in [1.54, 1.807) is 0 Å². The van der Waals surface area contributed by atoms with Gasteiger partial charge in [0, 0.05) is 5.33 Å². The van der Waals surface area contributed by atoms with E-state index in [0.29, 0.717) is 0 Å². The Kier molecular flexibility index (Phi) is 3.80. The fourth-order valence-corrected chi connectivity index (χ4v) is 2.12. The van der Waals surface area contributed by atoms with Crippen molar-refractivity contribution in [2.45, 2.75) is 32.0 Å². The van der Waals surface area contributed by atoms with Gasteiger partial charge in [-0.3, -0.25) is 0 Å². The maximum absolute atomic E-state index is 3.51. The lowest BCUT2D eigenvalue weighted by Gasteiger charge is -2.09. The Hall–Kier alpha value is -0.300. The number of aryl methyl sites for hydroxylation is 1. The zero-order chi connectivity index (χ0) is 8.97. The molecular weight excluding hydrogens is 212 g/mol.